The van der Waals surface area contributed by atoms with Gasteiger partial charge in [-0.2, -0.15) is 11.8 Å². The largest absolute Gasteiger partial charge is 0.341 e. The molecular weight excluding hydrogens is 286 g/mol. The molecular formula is C13H16ClNOS2. The van der Waals surface area contributed by atoms with Crippen LogP contribution in [-0.4, -0.2) is 41.2 Å². The minimum atomic E-state index is 0.289. The number of halogens is 1. The lowest BCUT2D eigenvalue weighted by molar-refractivity contribution is -0.130. The molecule has 18 heavy (non-hydrogen) atoms. The molecule has 1 aliphatic heterocycles. The lowest BCUT2D eigenvalue weighted by Gasteiger charge is -2.26. The Bertz CT molecular complexity index is 390. The van der Waals surface area contributed by atoms with Crippen molar-refractivity contribution >= 4 is 41.0 Å². The highest BCUT2D eigenvalue weighted by atomic mass is 35.5. The average molecular weight is 302 g/mol. The number of thioether (sulfide) groups is 2. The molecule has 0 aliphatic carbocycles. The summed E-state index contributed by atoms with van der Waals surface area (Å²) in [4.78, 5) is 15.1. The van der Waals surface area contributed by atoms with Crippen LogP contribution in [0.1, 0.15) is 6.42 Å². The lowest BCUT2D eigenvalue weighted by atomic mass is 10.4. The average Bonchev–Trinajstić information content (AvgIpc) is 2.42. The van der Waals surface area contributed by atoms with Crippen molar-refractivity contribution in [2.75, 3.05) is 30.3 Å². The molecule has 5 heteroatoms. The number of carbonyl (C=O) groups is 1. The third kappa shape index (κ3) is 4.41. The smallest absolute Gasteiger partial charge is 0.223 e. The second kappa shape index (κ2) is 7.31. The van der Waals surface area contributed by atoms with Gasteiger partial charge in [0, 0.05) is 46.7 Å². The number of amides is 1. The Morgan fingerprint density at radius 3 is 2.61 bits per heavy atom. The van der Waals surface area contributed by atoms with Gasteiger partial charge in [0.25, 0.3) is 0 Å². The highest BCUT2D eigenvalue weighted by molar-refractivity contribution is 7.99. The van der Waals surface area contributed by atoms with Gasteiger partial charge in [-0.05, 0) is 24.3 Å². The van der Waals surface area contributed by atoms with Crippen LogP contribution in [0.15, 0.2) is 29.2 Å². The van der Waals surface area contributed by atoms with Crippen LogP contribution < -0.4 is 0 Å². The minimum Gasteiger partial charge on any atom is -0.341 e. The molecule has 1 amide bonds. The summed E-state index contributed by atoms with van der Waals surface area (Å²) in [6.45, 7) is 1.82. The summed E-state index contributed by atoms with van der Waals surface area (Å²) in [6.07, 6.45) is 0.623. The Morgan fingerprint density at radius 2 is 1.94 bits per heavy atom. The van der Waals surface area contributed by atoms with E-state index in [1.165, 1.54) is 4.90 Å². The number of benzene rings is 1. The van der Waals surface area contributed by atoms with Crippen LogP contribution in [0.2, 0.25) is 5.02 Å². The SMILES string of the molecule is O=C(CCSc1ccc(Cl)cc1)N1CCSCC1. The second-order valence-electron chi connectivity index (χ2n) is 4.05. The van der Waals surface area contributed by atoms with Crippen molar-refractivity contribution in [3.05, 3.63) is 29.3 Å². The summed E-state index contributed by atoms with van der Waals surface area (Å²) < 4.78 is 0. The summed E-state index contributed by atoms with van der Waals surface area (Å²) >= 11 is 9.46. The summed E-state index contributed by atoms with van der Waals surface area (Å²) in [6, 6.07) is 7.76. The number of hydrogen-bond acceptors (Lipinski definition) is 3. The van der Waals surface area contributed by atoms with Crippen molar-refractivity contribution in [3.63, 3.8) is 0 Å². The summed E-state index contributed by atoms with van der Waals surface area (Å²) in [7, 11) is 0. The first-order valence-electron chi connectivity index (χ1n) is 5.99. The van der Waals surface area contributed by atoms with Gasteiger partial charge in [0.1, 0.15) is 0 Å². The van der Waals surface area contributed by atoms with Gasteiger partial charge in [-0.15, -0.1) is 11.8 Å². The fourth-order valence-corrected chi connectivity index (χ4v) is 3.63. The quantitative estimate of drug-likeness (QED) is 0.795. The van der Waals surface area contributed by atoms with E-state index in [4.69, 9.17) is 11.6 Å². The van der Waals surface area contributed by atoms with Gasteiger partial charge in [0.05, 0.1) is 0 Å². The van der Waals surface area contributed by atoms with Gasteiger partial charge < -0.3 is 4.90 Å². The first kappa shape index (κ1) is 14.1. The van der Waals surface area contributed by atoms with Crippen LogP contribution in [0.3, 0.4) is 0 Å². The van der Waals surface area contributed by atoms with Crippen molar-refractivity contribution in [2.45, 2.75) is 11.3 Å². The third-order valence-electron chi connectivity index (χ3n) is 2.76. The van der Waals surface area contributed by atoms with E-state index in [-0.39, 0.29) is 5.91 Å². The monoisotopic (exact) mass is 301 g/mol. The zero-order valence-corrected chi connectivity index (χ0v) is 12.5. The minimum absolute atomic E-state index is 0.289. The number of hydrogen-bond donors (Lipinski definition) is 0. The van der Waals surface area contributed by atoms with E-state index < -0.39 is 0 Å². The van der Waals surface area contributed by atoms with Crippen LogP contribution in [0.25, 0.3) is 0 Å². The molecule has 0 N–H and O–H groups in total. The Kier molecular flexibility index (Phi) is 5.73. The van der Waals surface area contributed by atoms with Gasteiger partial charge >= 0.3 is 0 Å². The molecule has 1 aliphatic rings. The summed E-state index contributed by atoms with van der Waals surface area (Å²) in [5.74, 6) is 3.28. The molecule has 1 heterocycles. The maximum absolute atomic E-state index is 11.9. The summed E-state index contributed by atoms with van der Waals surface area (Å²) in [5, 5.41) is 0.751. The number of nitrogens with zero attached hydrogens (tertiary/aromatic N) is 1. The van der Waals surface area contributed by atoms with E-state index in [0.29, 0.717) is 6.42 Å². The Morgan fingerprint density at radius 1 is 1.28 bits per heavy atom. The van der Waals surface area contributed by atoms with Gasteiger partial charge in [-0.3, -0.25) is 4.79 Å². The van der Waals surface area contributed by atoms with Gasteiger partial charge in [0.15, 0.2) is 0 Å². The maximum Gasteiger partial charge on any atom is 0.223 e. The highest BCUT2D eigenvalue weighted by Gasteiger charge is 2.15. The zero-order valence-electron chi connectivity index (χ0n) is 10.1. The first-order chi connectivity index (χ1) is 8.75. The molecule has 0 spiro atoms. The van der Waals surface area contributed by atoms with Crippen molar-refractivity contribution in [3.8, 4) is 0 Å². The molecule has 1 fully saturated rings. The van der Waals surface area contributed by atoms with Crippen LogP contribution in [0.5, 0.6) is 0 Å². The molecule has 0 bridgehead atoms. The van der Waals surface area contributed by atoms with Crippen LogP contribution in [0.4, 0.5) is 0 Å². The molecule has 0 unspecified atom stereocenters. The molecule has 1 aromatic carbocycles. The molecule has 0 atom stereocenters. The molecule has 0 radical (unpaired) electrons. The third-order valence-corrected chi connectivity index (χ3v) is 4.97. The van der Waals surface area contributed by atoms with E-state index in [1.54, 1.807) is 11.8 Å². The topological polar surface area (TPSA) is 20.3 Å². The standard InChI is InChI=1S/C13H16ClNOS2/c14-11-1-3-12(4-2-11)18-8-5-13(16)15-6-9-17-10-7-15/h1-4H,5-10H2. The molecule has 98 valence electrons. The van der Waals surface area contributed by atoms with Crippen LogP contribution >= 0.6 is 35.1 Å². The van der Waals surface area contributed by atoms with Gasteiger partial charge in [0.2, 0.25) is 5.91 Å². The van der Waals surface area contributed by atoms with E-state index >= 15 is 0 Å². The Balaban J connectivity index is 1.71. The predicted molar refractivity (Wildman–Crippen MR) is 80.7 cm³/mol. The van der Waals surface area contributed by atoms with Crippen LogP contribution in [-0.2, 0) is 4.79 Å². The van der Waals surface area contributed by atoms with Crippen molar-refractivity contribution in [1.82, 2.24) is 4.90 Å². The molecule has 1 aromatic rings. The zero-order chi connectivity index (χ0) is 12.8. The molecule has 0 aromatic heterocycles. The summed E-state index contributed by atoms with van der Waals surface area (Å²) in [5.41, 5.74) is 0. The molecule has 1 saturated heterocycles. The van der Waals surface area contributed by atoms with Crippen LogP contribution in [0, 0.1) is 0 Å². The fourth-order valence-electron chi connectivity index (χ4n) is 1.76. The van der Waals surface area contributed by atoms with E-state index in [1.807, 2.05) is 40.9 Å². The maximum atomic E-state index is 11.9. The van der Waals surface area contributed by atoms with Crippen molar-refractivity contribution < 1.29 is 4.79 Å². The number of rotatable bonds is 4. The Labute approximate surface area is 121 Å². The second-order valence-corrected chi connectivity index (χ2v) is 6.88. The van der Waals surface area contributed by atoms with E-state index in [9.17, 15) is 4.79 Å². The van der Waals surface area contributed by atoms with Crippen molar-refractivity contribution in [1.29, 1.82) is 0 Å². The van der Waals surface area contributed by atoms with E-state index in [0.717, 1.165) is 35.4 Å². The first-order valence-corrected chi connectivity index (χ1v) is 8.51. The van der Waals surface area contributed by atoms with Gasteiger partial charge in [-0.25, -0.2) is 0 Å². The fraction of sp³-hybridized carbons (Fsp3) is 0.462. The normalized spacial score (nSPS) is 15.7. The number of carbonyl (C=O) groups excluding carboxylic acids is 1. The van der Waals surface area contributed by atoms with Crippen molar-refractivity contribution in [2.24, 2.45) is 0 Å². The van der Waals surface area contributed by atoms with Gasteiger partial charge in [-0.1, -0.05) is 11.6 Å². The highest BCUT2D eigenvalue weighted by Crippen LogP contribution is 2.21. The molecule has 2 rings (SSSR count). The lowest BCUT2D eigenvalue weighted by Crippen LogP contribution is -2.38. The molecule has 0 saturated carbocycles. The van der Waals surface area contributed by atoms with E-state index in [2.05, 4.69) is 0 Å². The Hall–Kier alpha value is -0.320. The predicted octanol–water partition coefficient (Wildman–Crippen LogP) is 3.40. The molecule has 2 nitrogen and oxygen atoms in total.